The number of amides is 1. The van der Waals surface area contributed by atoms with E-state index in [-0.39, 0.29) is 23.7 Å². The quantitative estimate of drug-likeness (QED) is 0.302. The van der Waals surface area contributed by atoms with Gasteiger partial charge in [0.2, 0.25) is 0 Å². The van der Waals surface area contributed by atoms with Crippen LogP contribution in [0.4, 0.5) is 5.82 Å². The predicted molar refractivity (Wildman–Crippen MR) is 170 cm³/mol. The average molecular weight is 580 g/mol. The average Bonchev–Trinajstić information content (AvgIpc) is 3.66. The molecule has 9 nitrogen and oxygen atoms in total. The van der Waals surface area contributed by atoms with Crippen molar-refractivity contribution in [2.45, 2.75) is 31.8 Å². The molecule has 2 aromatic carbocycles. The van der Waals surface area contributed by atoms with E-state index >= 15 is 0 Å². The van der Waals surface area contributed by atoms with Crippen LogP contribution in [-0.4, -0.2) is 76.3 Å². The first kappa shape index (κ1) is 28.9. The molecule has 3 heterocycles. The van der Waals surface area contributed by atoms with E-state index < -0.39 is 0 Å². The number of rotatable bonds is 9. The summed E-state index contributed by atoms with van der Waals surface area (Å²) in [7, 11) is 4.04. The van der Waals surface area contributed by atoms with E-state index in [0.717, 1.165) is 68.9 Å². The monoisotopic (exact) mass is 579 g/mol. The molecule has 0 bridgehead atoms. The highest BCUT2D eigenvalue weighted by Crippen LogP contribution is 2.29. The molecule has 6 rings (SSSR count). The van der Waals surface area contributed by atoms with E-state index in [4.69, 9.17) is 10.5 Å². The molecule has 0 radical (unpaired) electrons. The third-order valence-corrected chi connectivity index (χ3v) is 8.78. The number of piperazine rings is 1. The van der Waals surface area contributed by atoms with E-state index in [1.807, 2.05) is 25.4 Å². The Morgan fingerprint density at radius 2 is 1.65 bits per heavy atom. The molecular formula is C34H41N7O2. The maximum atomic E-state index is 13.2. The fraction of sp³-hybridized carbons (Fsp3) is 0.382. The maximum Gasteiger partial charge on any atom is 0.255 e. The van der Waals surface area contributed by atoms with Crippen LogP contribution in [0.15, 0.2) is 73.2 Å². The summed E-state index contributed by atoms with van der Waals surface area (Å²) in [4.78, 5) is 22.4. The largest absolute Gasteiger partial charge is 0.493 e. The van der Waals surface area contributed by atoms with Gasteiger partial charge in [0.25, 0.3) is 5.91 Å². The van der Waals surface area contributed by atoms with Crippen LogP contribution in [0.3, 0.4) is 0 Å². The highest BCUT2D eigenvalue weighted by Gasteiger charge is 2.30. The molecule has 4 aromatic rings. The number of nitrogens with two attached hydrogens (primary N) is 1. The van der Waals surface area contributed by atoms with Crippen molar-refractivity contribution >= 4 is 11.7 Å². The molecule has 2 fully saturated rings. The van der Waals surface area contributed by atoms with Gasteiger partial charge in [-0.3, -0.25) is 14.4 Å². The van der Waals surface area contributed by atoms with Gasteiger partial charge in [0.1, 0.15) is 11.6 Å². The van der Waals surface area contributed by atoms with E-state index in [1.165, 1.54) is 16.7 Å². The molecule has 2 aromatic heterocycles. The number of ether oxygens (including phenoxy) is 1. The summed E-state index contributed by atoms with van der Waals surface area (Å²) in [6.07, 6.45) is 8.28. The Labute approximate surface area is 253 Å². The van der Waals surface area contributed by atoms with Crippen LogP contribution in [0, 0.1) is 5.92 Å². The van der Waals surface area contributed by atoms with Gasteiger partial charge in [-0.05, 0) is 54.8 Å². The number of hydrogen-bond donors (Lipinski definition) is 2. The fourth-order valence-electron chi connectivity index (χ4n) is 6.07. The molecule has 2 atom stereocenters. The number of anilines is 1. The second-order valence-electron chi connectivity index (χ2n) is 11.9. The SMILES string of the molecule is CN1CCN(Cc2ccc(-c3ccc(OC[C@H]4CCC[C@@H]4NC(=O)c4cc(-c5cnn(C)c5)cnc4N)cc3)cc2)CC1. The van der Waals surface area contributed by atoms with E-state index in [9.17, 15) is 4.79 Å². The number of pyridine rings is 1. The lowest BCUT2D eigenvalue weighted by atomic mass is 10.0. The van der Waals surface area contributed by atoms with Gasteiger partial charge >= 0.3 is 0 Å². The number of benzene rings is 2. The van der Waals surface area contributed by atoms with E-state index in [2.05, 4.69) is 68.6 Å². The molecule has 1 amide bonds. The number of nitrogen functional groups attached to an aromatic ring is 1. The van der Waals surface area contributed by atoms with Crippen molar-refractivity contribution in [2.75, 3.05) is 45.6 Å². The van der Waals surface area contributed by atoms with Crippen molar-refractivity contribution in [1.29, 1.82) is 0 Å². The second kappa shape index (κ2) is 13.0. The zero-order valence-corrected chi connectivity index (χ0v) is 25.1. The number of nitrogens with zero attached hydrogens (tertiary/aromatic N) is 5. The first-order valence-corrected chi connectivity index (χ1v) is 15.2. The van der Waals surface area contributed by atoms with Gasteiger partial charge < -0.3 is 20.7 Å². The molecule has 1 saturated carbocycles. The van der Waals surface area contributed by atoms with Gasteiger partial charge in [-0.25, -0.2) is 4.98 Å². The molecule has 9 heteroatoms. The van der Waals surface area contributed by atoms with Crippen molar-refractivity contribution in [2.24, 2.45) is 13.0 Å². The summed E-state index contributed by atoms with van der Waals surface area (Å²) in [5.41, 5.74) is 11.9. The van der Waals surface area contributed by atoms with Gasteiger partial charge in [-0.15, -0.1) is 0 Å². The third-order valence-electron chi connectivity index (χ3n) is 8.78. The fourth-order valence-corrected chi connectivity index (χ4v) is 6.07. The summed E-state index contributed by atoms with van der Waals surface area (Å²) in [5.74, 6) is 1.09. The Balaban J connectivity index is 1.02. The number of likely N-dealkylation sites (N-methyl/N-ethyl adjacent to an activating group) is 1. The lowest BCUT2D eigenvalue weighted by molar-refractivity contribution is 0.0919. The number of aromatic nitrogens is 3. The summed E-state index contributed by atoms with van der Waals surface area (Å²) in [6.45, 7) is 6.08. The van der Waals surface area contributed by atoms with Crippen molar-refractivity contribution in [3.8, 4) is 28.0 Å². The standard InChI is InChI=1S/C34H41N7O2/c1-39-14-16-41(17-15-39)21-24-6-8-25(9-7-24)26-10-12-30(13-11-26)43-23-27-4-3-5-32(27)38-34(42)31-18-28(19-36-33(31)35)29-20-37-40(2)22-29/h6-13,18-20,22,27,32H,3-5,14-17,21,23H2,1-2H3,(H2,35,36)(H,38,42)/t27-,32+/m1/s1. The highest BCUT2D eigenvalue weighted by atomic mass is 16.5. The molecule has 3 N–H and O–H groups in total. The zero-order valence-electron chi connectivity index (χ0n) is 25.1. The van der Waals surface area contributed by atoms with Crippen molar-refractivity contribution < 1.29 is 9.53 Å². The van der Waals surface area contributed by atoms with E-state index in [0.29, 0.717) is 12.2 Å². The number of carbonyl (C=O) groups is 1. The number of aryl methyl sites for hydroxylation is 1. The van der Waals surface area contributed by atoms with Crippen LogP contribution in [0.5, 0.6) is 5.75 Å². The van der Waals surface area contributed by atoms with Gasteiger partial charge in [0, 0.05) is 75.3 Å². The van der Waals surface area contributed by atoms with Crippen molar-refractivity contribution in [3.05, 3.63) is 84.3 Å². The molecule has 0 spiro atoms. The van der Waals surface area contributed by atoms with Crippen LogP contribution in [0.2, 0.25) is 0 Å². The molecule has 0 unspecified atom stereocenters. The van der Waals surface area contributed by atoms with Gasteiger partial charge in [-0.2, -0.15) is 5.10 Å². The molecular weight excluding hydrogens is 538 g/mol. The molecule has 2 aliphatic rings. The molecule has 1 aliphatic carbocycles. The molecule has 43 heavy (non-hydrogen) atoms. The lowest BCUT2D eigenvalue weighted by Crippen LogP contribution is -2.43. The van der Waals surface area contributed by atoms with Crippen molar-refractivity contribution in [3.63, 3.8) is 0 Å². The minimum absolute atomic E-state index is 0.0255. The Morgan fingerprint density at radius 1 is 0.930 bits per heavy atom. The van der Waals surface area contributed by atoms with Gasteiger partial charge in [-0.1, -0.05) is 42.8 Å². The summed E-state index contributed by atoms with van der Waals surface area (Å²) in [6, 6.07) is 19.0. The minimum atomic E-state index is -0.202. The van der Waals surface area contributed by atoms with E-state index in [1.54, 1.807) is 23.1 Å². The summed E-state index contributed by atoms with van der Waals surface area (Å²) < 4.78 is 7.92. The maximum absolute atomic E-state index is 13.2. The van der Waals surface area contributed by atoms with Crippen LogP contribution in [0.25, 0.3) is 22.3 Å². The van der Waals surface area contributed by atoms with Crippen LogP contribution >= 0.6 is 0 Å². The van der Waals surface area contributed by atoms with Gasteiger partial charge in [0.15, 0.2) is 0 Å². The van der Waals surface area contributed by atoms with Crippen LogP contribution in [-0.2, 0) is 13.6 Å². The Bertz CT molecular complexity index is 1530. The lowest BCUT2D eigenvalue weighted by Gasteiger charge is -2.32. The minimum Gasteiger partial charge on any atom is -0.493 e. The Morgan fingerprint density at radius 3 is 2.35 bits per heavy atom. The van der Waals surface area contributed by atoms with Gasteiger partial charge in [0.05, 0.1) is 18.4 Å². The molecule has 1 aliphatic heterocycles. The van der Waals surface area contributed by atoms with Crippen LogP contribution in [0.1, 0.15) is 35.2 Å². The topological polar surface area (TPSA) is 102 Å². The normalized spacial score (nSPS) is 19.4. The predicted octanol–water partition coefficient (Wildman–Crippen LogP) is 4.46. The zero-order chi connectivity index (χ0) is 29.8. The molecule has 224 valence electrons. The highest BCUT2D eigenvalue weighted by molar-refractivity contribution is 5.99. The first-order valence-electron chi connectivity index (χ1n) is 15.2. The third kappa shape index (κ3) is 7.06. The molecule has 1 saturated heterocycles. The number of carbonyl (C=O) groups excluding carboxylic acids is 1. The smallest absolute Gasteiger partial charge is 0.255 e. The number of hydrogen-bond acceptors (Lipinski definition) is 7. The number of nitrogens with one attached hydrogen (secondary N) is 1. The summed E-state index contributed by atoms with van der Waals surface area (Å²) in [5, 5.41) is 7.42. The summed E-state index contributed by atoms with van der Waals surface area (Å²) >= 11 is 0. The first-order chi connectivity index (χ1) is 20.9. The van der Waals surface area contributed by atoms with Crippen LogP contribution < -0.4 is 15.8 Å². The Hall–Kier alpha value is -4.21. The second-order valence-corrected chi connectivity index (χ2v) is 11.9. The Kier molecular flexibility index (Phi) is 8.72. The van der Waals surface area contributed by atoms with Crippen molar-refractivity contribution in [1.82, 2.24) is 29.9 Å².